The number of likely N-dealkylation sites (N-methyl/N-ethyl adjacent to an activating group) is 1. The SMILES string of the molecule is CN(C)CCN(C(=O)C1CC1)c1nc2ccccc2s1. The number of carbonyl (C=O) groups is 1. The molecule has 2 aromatic rings. The highest BCUT2D eigenvalue weighted by Gasteiger charge is 2.35. The third-order valence-electron chi connectivity index (χ3n) is 3.48. The monoisotopic (exact) mass is 289 g/mol. The smallest absolute Gasteiger partial charge is 0.231 e. The molecule has 1 amide bonds. The molecule has 5 heteroatoms. The lowest BCUT2D eigenvalue weighted by Gasteiger charge is -2.21. The van der Waals surface area contributed by atoms with Crippen LogP contribution in [0.5, 0.6) is 0 Å². The first-order chi connectivity index (χ1) is 9.65. The molecule has 1 fully saturated rings. The number of rotatable bonds is 5. The molecule has 1 aliphatic carbocycles. The highest BCUT2D eigenvalue weighted by molar-refractivity contribution is 7.22. The molecule has 1 aromatic heterocycles. The number of nitrogens with zero attached hydrogens (tertiary/aromatic N) is 3. The second kappa shape index (κ2) is 5.50. The zero-order valence-electron chi connectivity index (χ0n) is 11.9. The Labute approximate surface area is 123 Å². The lowest BCUT2D eigenvalue weighted by molar-refractivity contribution is -0.119. The van der Waals surface area contributed by atoms with Crippen LogP contribution in [-0.2, 0) is 4.79 Å². The van der Waals surface area contributed by atoms with Crippen LogP contribution in [0, 0.1) is 5.92 Å². The number of carbonyl (C=O) groups excluding carboxylic acids is 1. The fraction of sp³-hybridized carbons (Fsp3) is 0.467. The first-order valence-electron chi connectivity index (χ1n) is 6.97. The van der Waals surface area contributed by atoms with E-state index < -0.39 is 0 Å². The average molecular weight is 289 g/mol. The maximum Gasteiger partial charge on any atom is 0.231 e. The van der Waals surface area contributed by atoms with Crippen LogP contribution in [0.4, 0.5) is 5.13 Å². The fourth-order valence-corrected chi connectivity index (χ4v) is 3.12. The van der Waals surface area contributed by atoms with Crippen LogP contribution < -0.4 is 4.90 Å². The van der Waals surface area contributed by atoms with Gasteiger partial charge in [-0.2, -0.15) is 0 Å². The molecule has 1 heterocycles. The molecule has 0 bridgehead atoms. The van der Waals surface area contributed by atoms with Gasteiger partial charge < -0.3 is 4.90 Å². The van der Waals surface area contributed by atoms with Gasteiger partial charge in [0.15, 0.2) is 5.13 Å². The predicted octanol–water partition coefficient (Wildman–Crippen LogP) is 2.60. The number of thiazole rings is 1. The van der Waals surface area contributed by atoms with Gasteiger partial charge in [0.25, 0.3) is 0 Å². The molecule has 0 saturated heterocycles. The average Bonchev–Trinajstić information content (AvgIpc) is 3.18. The number of hydrogen-bond acceptors (Lipinski definition) is 4. The van der Waals surface area contributed by atoms with Crippen molar-refractivity contribution >= 4 is 32.6 Å². The Morgan fingerprint density at radius 1 is 1.30 bits per heavy atom. The van der Waals surface area contributed by atoms with Crippen LogP contribution in [0.2, 0.25) is 0 Å². The Morgan fingerprint density at radius 2 is 2.05 bits per heavy atom. The summed E-state index contributed by atoms with van der Waals surface area (Å²) in [5.41, 5.74) is 0.978. The molecular weight excluding hydrogens is 270 g/mol. The van der Waals surface area contributed by atoms with Crippen molar-refractivity contribution in [3.8, 4) is 0 Å². The van der Waals surface area contributed by atoms with Gasteiger partial charge in [0.1, 0.15) is 0 Å². The van der Waals surface area contributed by atoms with E-state index in [9.17, 15) is 4.79 Å². The van der Waals surface area contributed by atoms with E-state index in [4.69, 9.17) is 0 Å². The van der Waals surface area contributed by atoms with Gasteiger partial charge in [-0.15, -0.1) is 0 Å². The quantitative estimate of drug-likeness (QED) is 0.849. The maximum absolute atomic E-state index is 12.5. The van der Waals surface area contributed by atoms with Crippen LogP contribution in [0.1, 0.15) is 12.8 Å². The van der Waals surface area contributed by atoms with E-state index >= 15 is 0 Å². The lowest BCUT2D eigenvalue weighted by Crippen LogP contribution is -2.37. The highest BCUT2D eigenvalue weighted by Crippen LogP contribution is 2.35. The van der Waals surface area contributed by atoms with Crippen molar-refractivity contribution in [3.05, 3.63) is 24.3 Å². The number of fused-ring (bicyclic) bond motifs is 1. The summed E-state index contributed by atoms with van der Waals surface area (Å²) in [6.45, 7) is 1.57. The largest absolute Gasteiger partial charge is 0.308 e. The molecule has 3 rings (SSSR count). The molecule has 0 radical (unpaired) electrons. The predicted molar refractivity (Wildman–Crippen MR) is 83.3 cm³/mol. The molecule has 20 heavy (non-hydrogen) atoms. The Bertz CT molecular complexity index is 585. The van der Waals surface area contributed by atoms with Crippen LogP contribution in [0.3, 0.4) is 0 Å². The van der Waals surface area contributed by atoms with Gasteiger partial charge in [-0.05, 0) is 39.1 Å². The number of para-hydroxylation sites is 1. The molecule has 0 unspecified atom stereocenters. The van der Waals surface area contributed by atoms with E-state index in [-0.39, 0.29) is 11.8 Å². The van der Waals surface area contributed by atoms with Crippen molar-refractivity contribution < 1.29 is 4.79 Å². The third kappa shape index (κ3) is 2.83. The minimum absolute atomic E-state index is 0.226. The number of benzene rings is 1. The van der Waals surface area contributed by atoms with E-state index in [0.29, 0.717) is 6.54 Å². The molecule has 1 aromatic carbocycles. The lowest BCUT2D eigenvalue weighted by atomic mass is 10.3. The summed E-state index contributed by atoms with van der Waals surface area (Å²) >= 11 is 1.61. The summed E-state index contributed by atoms with van der Waals surface area (Å²) in [5.74, 6) is 0.468. The summed E-state index contributed by atoms with van der Waals surface area (Å²) in [7, 11) is 4.05. The van der Waals surface area contributed by atoms with Crippen molar-refractivity contribution in [3.63, 3.8) is 0 Å². The number of anilines is 1. The minimum atomic E-state index is 0.226. The maximum atomic E-state index is 12.5. The van der Waals surface area contributed by atoms with Gasteiger partial charge in [0.05, 0.1) is 10.2 Å². The second-order valence-electron chi connectivity index (χ2n) is 5.53. The Morgan fingerprint density at radius 3 is 2.70 bits per heavy atom. The molecule has 0 spiro atoms. The zero-order chi connectivity index (χ0) is 14.1. The van der Waals surface area contributed by atoms with Crippen molar-refractivity contribution in [2.24, 2.45) is 5.92 Å². The fourth-order valence-electron chi connectivity index (χ4n) is 2.13. The summed E-state index contributed by atoms with van der Waals surface area (Å²) in [6, 6.07) is 8.05. The van der Waals surface area contributed by atoms with Gasteiger partial charge >= 0.3 is 0 Å². The molecule has 0 aliphatic heterocycles. The van der Waals surface area contributed by atoms with E-state index in [1.54, 1.807) is 11.3 Å². The summed E-state index contributed by atoms with van der Waals surface area (Å²) in [4.78, 5) is 21.1. The van der Waals surface area contributed by atoms with E-state index in [1.807, 2.05) is 37.2 Å². The van der Waals surface area contributed by atoms with Gasteiger partial charge in [-0.1, -0.05) is 23.5 Å². The highest BCUT2D eigenvalue weighted by atomic mass is 32.1. The van der Waals surface area contributed by atoms with Gasteiger partial charge in [-0.3, -0.25) is 9.69 Å². The Balaban J connectivity index is 1.88. The number of hydrogen-bond donors (Lipinski definition) is 0. The summed E-state index contributed by atoms with van der Waals surface area (Å²) in [5, 5.41) is 0.838. The van der Waals surface area contributed by atoms with Crippen molar-refractivity contribution in [1.29, 1.82) is 0 Å². The van der Waals surface area contributed by atoms with Gasteiger partial charge in [0, 0.05) is 19.0 Å². The third-order valence-corrected chi connectivity index (χ3v) is 4.54. The van der Waals surface area contributed by atoms with Gasteiger partial charge in [0.2, 0.25) is 5.91 Å². The minimum Gasteiger partial charge on any atom is -0.308 e. The van der Waals surface area contributed by atoms with Crippen LogP contribution in [0.25, 0.3) is 10.2 Å². The van der Waals surface area contributed by atoms with Crippen LogP contribution in [-0.4, -0.2) is 43.0 Å². The summed E-state index contributed by atoms with van der Waals surface area (Å²) in [6.07, 6.45) is 2.06. The summed E-state index contributed by atoms with van der Waals surface area (Å²) < 4.78 is 1.14. The van der Waals surface area contributed by atoms with Crippen LogP contribution >= 0.6 is 11.3 Å². The van der Waals surface area contributed by atoms with E-state index in [1.165, 1.54) is 0 Å². The Hall–Kier alpha value is -1.46. The molecule has 106 valence electrons. The van der Waals surface area contributed by atoms with Gasteiger partial charge in [-0.25, -0.2) is 4.98 Å². The second-order valence-corrected chi connectivity index (χ2v) is 6.54. The van der Waals surface area contributed by atoms with Crippen LogP contribution in [0.15, 0.2) is 24.3 Å². The molecule has 1 aliphatic rings. The van der Waals surface area contributed by atoms with Crippen molar-refractivity contribution in [2.45, 2.75) is 12.8 Å². The topological polar surface area (TPSA) is 36.4 Å². The molecule has 0 atom stereocenters. The molecule has 0 N–H and O–H groups in total. The Kier molecular flexibility index (Phi) is 3.72. The van der Waals surface area contributed by atoms with Crippen molar-refractivity contribution in [1.82, 2.24) is 9.88 Å². The molecule has 1 saturated carbocycles. The van der Waals surface area contributed by atoms with E-state index in [0.717, 1.165) is 34.7 Å². The normalized spacial score (nSPS) is 14.9. The zero-order valence-corrected chi connectivity index (χ0v) is 12.7. The standard InChI is InChI=1S/C15H19N3OS/c1-17(2)9-10-18(14(19)11-7-8-11)15-16-12-5-3-4-6-13(12)20-15/h3-6,11H,7-10H2,1-2H3. The molecule has 4 nitrogen and oxygen atoms in total. The number of aromatic nitrogens is 1. The van der Waals surface area contributed by atoms with E-state index in [2.05, 4.69) is 16.0 Å². The first-order valence-corrected chi connectivity index (χ1v) is 7.78. The first kappa shape index (κ1) is 13.5. The molecular formula is C15H19N3OS. The van der Waals surface area contributed by atoms with Crippen molar-refractivity contribution in [2.75, 3.05) is 32.1 Å². The number of amides is 1.